The molecule has 0 aliphatic rings. The van der Waals surface area contributed by atoms with Crippen LogP contribution in [-0.2, 0) is 0 Å². The highest BCUT2D eigenvalue weighted by atomic mass is 14.2. The van der Waals surface area contributed by atoms with Gasteiger partial charge < -0.3 is 0 Å². The molecule has 0 aliphatic carbocycles. The number of benzene rings is 1. The second-order valence-corrected chi connectivity index (χ2v) is 6.95. The summed E-state index contributed by atoms with van der Waals surface area (Å²) in [6.45, 7) is 7.06. The number of hydrogen-bond acceptors (Lipinski definition) is 0. The van der Waals surface area contributed by atoms with Crippen molar-refractivity contribution in [3.63, 3.8) is 0 Å². The van der Waals surface area contributed by atoms with Crippen LogP contribution in [0.25, 0.3) is 0 Å². The first-order chi connectivity index (χ1) is 10.8. The first-order valence-corrected chi connectivity index (χ1v) is 9.62. The summed E-state index contributed by atoms with van der Waals surface area (Å²) in [7, 11) is 0. The lowest BCUT2D eigenvalue weighted by atomic mass is 9.85. The van der Waals surface area contributed by atoms with Crippen LogP contribution in [0.3, 0.4) is 0 Å². The molecule has 0 saturated heterocycles. The molecule has 2 atom stereocenters. The van der Waals surface area contributed by atoms with E-state index in [4.69, 9.17) is 0 Å². The fourth-order valence-electron chi connectivity index (χ4n) is 3.15. The van der Waals surface area contributed by atoms with Gasteiger partial charge in [0, 0.05) is 0 Å². The Hall–Kier alpha value is -0.780. The third-order valence-electron chi connectivity index (χ3n) is 4.99. The normalized spacial score (nSPS) is 14.0. The van der Waals surface area contributed by atoms with Gasteiger partial charge in [-0.1, -0.05) is 115 Å². The molecule has 0 spiro atoms. The fraction of sp³-hybridized carbons (Fsp3) is 0.682. The largest absolute Gasteiger partial charge is 0.0654 e. The maximum atomic E-state index is 2.46. The summed E-state index contributed by atoms with van der Waals surface area (Å²) in [4.78, 5) is 0. The third kappa shape index (κ3) is 8.61. The van der Waals surface area contributed by atoms with E-state index in [1.54, 1.807) is 0 Å². The summed E-state index contributed by atoms with van der Waals surface area (Å²) >= 11 is 0. The Bertz CT molecular complexity index is 340. The molecule has 0 fully saturated rings. The van der Waals surface area contributed by atoms with E-state index >= 15 is 0 Å². The Morgan fingerprint density at radius 1 is 0.818 bits per heavy atom. The number of unbranched alkanes of at least 4 members (excludes halogenated alkanes) is 9. The predicted octanol–water partition coefficient (Wildman–Crippen LogP) is 7.55. The fourth-order valence-corrected chi connectivity index (χ4v) is 3.15. The van der Waals surface area contributed by atoms with Crippen LogP contribution < -0.4 is 0 Å². The lowest BCUT2D eigenvalue weighted by Crippen LogP contribution is -2.06. The molecule has 0 nitrogen and oxygen atoms in total. The Morgan fingerprint density at radius 2 is 1.45 bits per heavy atom. The molecule has 2 unspecified atom stereocenters. The summed E-state index contributed by atoms with van der Waals surface area (Å²) in [6, 6.07) is 11.0. The zero-order valence-corrected chi connectivity index (χ0v) is 15.2. The van der Waals surface area contributed by atoms with E-state index in [1.807, 2.05) is 0 Å². The molecule has 0 aromatic heterocycles. The van der Waals surface area contributed by atoms with Gasteiger partial charge in [0.05, 0.1) is 0 Å². The first kappa shape index (κ1) is 19.3. The molecule has 0 N–H and O–H groups in total. The van der Waals surface area contributed by atoms with Crippen LogP contribution >= 0.6 is 0 Å². The Kier molecular flexibility index (Phi) is 11.2. The molecular weight excluding hydrogens is 264 g/mol. The second kappa shape index (κ2) is 12.7. The minimum atomic E-state index is 0.690. The van der Waals surface area contributed by atoms with Gasteiger partial charge in [0.1, 0.15) is 0 Å². The van der Waals surface area contributed by atoms with Gasteiger partial charge in [-0.25, -0.2) is 0 Å². The second-order valence-electron chi connectivity index (χ2n) is 6.95. The SMILES string of the molecule is CCC[CH]CCCCCCCCC(C)C(C)c1ccccc1. The van der Waals surface area contributed by atoms with Crippen LogP contribution in [0, 0.1) is 12.3 Å². The third-order valence-corrected chi connectivity index (χ3v) is 4.99. The molecule has 0 saturated carbocycles. The minimum absolute atomic E-state index is 0.690. The first-order valence-electron chi connectivity index (χ1n) is 9.62. The molecule has 0 aliphatic heterocycles. The van der Waals surface area contributed by atoms with E-state index in [0.29, 0.717) is 5.92 Å². The van der Waals surface area contributed by atoms with Gasteiger partial charge in [0.2, 0.25) is 0 Å². The van der Waals surface area contributed by atoms with Crippen molar-refractivity contribution in [3.05, 3.63) is 42.3 Å². The van der Waals surface area contributed by atoms with Crippen LogP contribution in [0.2, 0.25) is 0 Å². The Balaban J connectivity index is 1.98. The smallest absolute Gasteiger partial charge is 0.0165 e. The van der Waals surface area contributed by atoms with Crippen molar-refractivity contribution in [2.45, 2.75) is 90.9 Å². The van der Waals surface area contributed by atoms with Crippen molar-refractivity contribution in [3.8, 4) is 0 Å². The predicted molar refractivity (Wildman–Crippen MR) is 100 cm³/mol. The molecular formula is C22H37. The highest BCUT2D eigenvalue weighted by Gasteiger charge is 2.13. The summed E-state index contributed by atoms with van der Waals surface area (Å²) < 4.78 is 0. The molecule has 1 radical (unpaired) electrons. The van der Waals surface area contributed by atoms with Crippen molar-refractivity contribution < 1.29 is 0 Å². The van der Waals surface area contributed by atoms with Gasteiger partial charge >= 0.3 is 0 Å². The van der Waals surface area contributed by atoms with Crippen LogP contribution in [0.4, 0.5) is 0 Å². The maximum absolute atomic E-state index is 2.46. The zero-order chi connectivity index (χ0) is 16.0. The molecule has 1 aromatic carbocycles. The van der Waals surface area contributed by atoms with Crippen LogP contribution in [0.15, 0.2) is 30.3 Å². The van der Waals surface area contributed by atoms with Gasteiger partial charge in [0.15, 0.2) is 0 Å². The van der Waals surface area contributed by atoms with Crippen molar-refractivity contribution in [1.29, 1.82) is 0 Å². The van der Waals surface area contributed by atoms with E-state index in [2.05, 4.69) is 57.5 Å². The summed E-state index contributed by atoms with van der Waals surface area (Å²) in [5.41, 5.74) is 1.50. The van der Waals surface area contributed by atoms with Crippen molar-refractivity contribution in [2.24, 2.45) is 5.92 Å². The summed E-state index contributed by atoms with van der Waals surface area (Å²) in [5, 5.41) is 0. The Morgan fingerprint density at radius 3 is 2.14 bits per heavy atom. The monoisotopic (exact) mass is 301 g/mol. The standard InChI is InChI=1S/C22H37/c1-4-5-6-7-8-9-10-11-12-14-17-20(2)21(3)22-18-15-13-16-19-22/h6,13,15-16,18-21H,4-5,7-12,14,17H2,1-3H3. The van der Waals surface area contributed by atoms with Crippen molar-refractivity contribution >= 4 is 0 Å². The van der Waals surface area contributed by atoms with E-state index in [0.717, 1.165) is 5.92 Å². The molecule has 0 heterocycles. The van der Waals surface area contributed by atoms with Gasteiger partial charge in [-0.15, -0.1) is 0 Å². The zero-order valence-electron chi connectivity index (χ0n) is 15.2. The highest BCUT2D eigenvalue weighted by molar-refractivity contribution is 5.19. The molecule has 0 heteroatoms. The molecule has 1 aromatic rings. The quantitative estimate of drug-likeness (QED) is 0.330. The lowest BCUT2D eigenvalue weighted by molar-refractivity contribution is 0.425. The van der Waals surface area contributed by atoms with Crippen molar-refractivity contribution in [1.82, 2.24) is 0 Å². The molecule has 0 amide bonds. The van der Waals surface area contributed by atoms with Gasteiger partial charge in [-0.05, 0) is 23.8 Å². The van der Waals surface area contributed by atoms with E-state index in [1.165, 1.54) is 69.8 Å². The van der Waals surface area contributed by atoms with Crippen molar-refractivity contribution in [2.75, 3.05) is 0 Å². The van der Waals surface area contributed by atoms with E-state index in [-0.39, 0.29) is 0 Å². The van der Waals surface area contributed by atoms with Gasteiger partial charge in [-0.3, -0.25) is 0 Å². The molecule has 125 valence electrons. The summed E-state index contributed by atoms with van der Waals surface area (Å²) in [6.07, 6.45) is 16.3. The lowest BCUT2D eigenvalue weighted by Gasteiger charge is -2.20. The van der Waals surface area contributed by atoms with Crippen LogP contribution in [-0.4, -0.2) is 0 Å². The van der Waals surface area contributed by atoms with E-state index < -0.39 is 0 Å². The highest BCUT2D eigenvalue weighted by Crippen LogP contribution is 2.27. The van der Waals surface area contributed by atoms with Gasteiger partial charge in [0.25, 0.3) is 0 Å². The number of rotatable bonds is 13. The summed E-state index contributed by atoms with van der Waals surface area (Å²) in [5.74, 6) is 1.49. The van der Waals surface area contributed by atoms with E-state index in [9.17, 15) is 0 Å². The molecule has 1 rings (SSSR count). The van der Waals surface area contributed by atoms with Crippen LogP contribution in [0.5, 0.6) is 0 Å². The topological polar surface area (TPSA) is 0 Å². The maximum Gasteiger partial charge on any atom is -0.0165 e. The average Bonchev–Trinajstić information content (AvgIpc) is 2.56. The molecule has 22 heavy (non-hydrogen) atoms. The molecule has 0 bridgehead atoms. The Labute approximate surface area is 139 Å². The van der Waals surface area contributed by atoms with Gasteiger partial charge in [-0.2, -0.15) is 0 Å². The average molecular weight is 302 g/mol. The minimum Gasteiger partial charge on any atom is -0.0654 e. The van der Waals surface area contributed by atoms with Crippen LogP contribution in [0.1, 0.15) is 96.5 Å². The number of hydrogen-bond donors (Lipinski definition) is 0.